The molecule has 0 fully saturated rings. The SMILES string of the molecule is Cc1cc2c(Cl)nccc2[nH]1. The van der Waals surface area contributed by atoms with Gasteiger partial charge in [-0.15, -0.1) is 0 Å². The predicted octanol–water partition coefficient (Wildman–Crippen LogP) is 2.52. The molecule has 11 heavy (non-hydrogen) atoms. The molecule has 0 aromatic carbocycles. The lowest BCUT2D eigenvalue weighted by Gasteiger charge is -1.89. The molecular weight excluding hydrogens is 160 g/mol. The minimum absolute atomic E-state index is 0.562. The molecular formula is C8H7ClN2. The van der Waals surface area contributed by atoms with Crippen LogP contribution < -0.4 is 0 Å². The maximum Gasteiger partial charge on any atom is 0.138 e. The maximum absolute atomic E-state index is 5.84. The van der Waals surface area contributed by atoms with Crippen molar-refractivity contribution in [3.63, 3.8) is 0 Å². The van der Waals surface area contributed by atoms with Crippen LogP contribution in [0.1, 0.15) is 5.69 Å². The Kier molecular flexibility index (Phi) is 1.36. The van der Waals surface area contributed by atoms with Crippen molar-refractivity contribution in [2.24, 2.45) is 0 Å². The van der Waals surface area contributed by atoms with Gasteiger partial charge in [0.25, 0.3) is 0 Å². The van der Waals surface area contributed by atoms with Crippen LogP contribution in [0, 0.1) is 6.92 Å². The number of fused-ring (bicyclic) bond motifs is 1. The van der Waals surface area contributed by atoms with Gasteiger partial charge in [-0.2, -0.15) is 0 Å². The van der Waals surface area contributed by atoms with Gasteiger partial charge in [0.1, 0.15) is 5.15 Å². The first kappa shape index (κ1) is 6.68. The van der Waals surface area contributed by atoms with Gasteiger partial charge in [0.15, 0.2) is 0 Å². The fraction of sp³-hybridized carbons (Fsp3) is 0.125. The van der Waals surface area contributed by atoms with E-state index in [9.17, 15) is 0 Å². The molecule has 0 unspecified atom stereocenters. The fourth-order valence-electron chi connectivity index (χ4n) is 1.16. The number of nitrogens with zero attached hydrogens (tertiary/aromatic N) is 1. The first-order valence-electron chi connectivity index (χ1n) is 3.37. The van der Waals surface area contributed by atoms with Crippen molar-refractivity contribution in [3.8, 4) is 0 Å². The Morgan fingerprint density at radius 1 is 1.55 bits per heavy atom. The average molecular weight is 167 g/mol. The molecule has 0 atom stereocenters. The highest BCUT2D eigenvalue weighted by atomic mass is 35.5. The number of nitrogens with one attached hydrogen (secondary N) is 1. The largest absolute Gasteiger partial charge is 0.359 e. The summed E-state index contributed by atoms with van der Waals surface area (Å²) in [7, 11) is 0. The quantitative estimate of drug-likeness (QED) is 0.599. The van der Waals surface area contributed by atoms with E-state index in [-0.39, 0.29) is 0 Å². The number of hydrogen-bond donors (Lipinski definition) is 1. The third-order valence-corrected chi connectivity index (χ3v) is 1.94. The summed E-state index contributed by atoms with van der Waals surface area (Å²) in [5.74, 6) is 0. The van der Waals surface area contributed by atoms with E-state index < -0.39 is 0 Å². The lowest BCUT2D eigenvalue weighted by molar-refractivity contribution is 1.29. The van der Waals surface area contributed by atoms with Gasteiger partial charge in [0.05, 0.1) is 5.52 Å². The summed E-state index contributed by atoms with van der Waals surface area (Å²) >= 11 is 5.84. The Balaban J connectivity index is 2.90. The summed E-state index contributed by atoms with van der Waals surface area (Å²) in [4.78, 5) is 7.14. The van der Waals surface area contributed by atoms with Crippen LogP contribution in [0.15, 0.2) is 18.3 Å². The number of aromatic amines is 1. The predicted molar refractivity (Wildman–Crippen MR) is 45.8 cm³/mol. The van der Waals surface area contributed by atoms with Crippen LogP contribution in [-0.4, -0.2) is 9.97 Å². The number of aryl methyl sites for hydroxylation is 1. The first-order chi connectivity index (χ1) is 5.27. The second kappa shape index (κ2) is 2.24. The molecule has 2 heterocycles. The van der Waals surface area contributed by atoms with Gasteiger partial charge in [-0.05, 0) is 19.1 Å². The van der Waals surface area contributed by atoms with E-state index in [2.05, 4.69) is 9.97 Å². The summed E-state index contributed by atoms with van der Waals surface area (Å²) in [6, 6.07) is 3.90. The molecule has 0 aliphatic rings. The monoisotopic (exact) mass is 166 g/mol. The molecule has 0 radical (unpaired) electrons. The van der Waals surface area contributed by atoms with Crippen molar-refractivity contribution in [2.75, 3.05) is 0 Å². The molecule has 0 amide bonds. The van der Waals surface area contributed by atoms with Crippen LogP contribution in [-0.2, 0) is 0 Å². The molecule has 0 saturated heterocycles. The van der Waals surface area contributed by atoms with E-state index in [0.29, 0.717) is 5.15 Å². The summed E-state index contributed by atoms with van der Waals surface area (Å²) in [5.41, 5.74) is 2.15. The van der Waals surface area contributed by atoms with Crippen LogP contribution in [0.25, 0.3) is 10.9 Å². The highest BCUT2D eigenvalue weighted by Crippen LogP contribution is 2.20. The molecule has 0 aliphatic carbocycles. The number of aromatic nitrogens is 2. The maximum atomic E-state index is 5.84. The normalized spacial score (nSPS) is 10.7. The van der Waals surface area contributed by atoms with Crippen LogP contribution in [0.4, 0.5) is 0 Å². The molecule has 0 saturated carbocycles. The van der Waals surface area contributed by atoms with E-state index in [1.807, 2.05) is 19.1 Å². The minimum Gasteiger partial charge on any atom is -0.359 e. The Morgan fingerprint density at radius 3 is 3.09 bits per heavy atom. The van der Waals surface area contributed by atoms with Gasteiger partial charge >= 0.3 is 0 Å². The van der Waals surface area contributed by atoms with Gasteiger partial charge < -0.3 is 4.98 Å². The zero-order valence-electron chi connectivity index (χ0n) is 6.06. The zero-order valence-corrected chi connectivity index (χ0v) is 6.81. The molecule has 2 aromatic heterocycles. The molecule has 1 N–H and O–H groups in total. The van der Waals surface area contributed by atoms with Crippen molar-refractivity contribution < 1.29 is 0 Å². The molecule has 2 aromatic rings. The molecule has 56 valence electrons. The summed E-state index contributed by atoms with van der Waals surface area (Å²) in [6.45, 7) is 2.00. The van der Waals surface area contributed by atoms with Crippen molar-refractivity contribution in [3.05, 3.63) is 29.2 Å². The molecule has 0 aliphatic heterocycles. The lowest BCUT2D eigenvalue weighted by atomic mass is 10.3. The molecule has 2 nitrogen and oxygen atoms in total. The number of H-pyrrole nitrogens is 1. The van der Waals surface area contributed by atoms with Gasteiger partial charge in [-0.3, -0.25) is 0 Å². The van der Waals surface area contributed by atoms with Gasteiger partial charge in [-0.1, -0.05) is 11.6 Å². The van der Waals surface area contributed by atoms with Crippen molar-refractivity contribution in [1.82, 2.24) is 9.97 Å². The lowest BCUT2D eigenvalue weighted by Crippen LogP contribution is -1.73. The van der Waals surface area contributed by atoms with Gasteiger partial charge in [0.2, 0.25) is 0 Å². The number of rotatable bonds is 0. The van der Waals surface area contributed by atoms with E-state index >= 15 is 0 Å². The third-order valence-electron chi connectivity index (χ3n) is 1.63. The van der Waals surface area contributed by atoms with Crippen LogP contribution in [0.5, 0.6) is 0 Å². The molecule has 3 heteroatoms. The molecule has 0 bridgehead atoms. The van der Waals surface area contributed by atoms with Crippen molar-refractivity contribution in [2.45, 2.75) is 6.92 Å². The summed E-state index contributed by atoms with van der Waals surface area (Å²) in [5, 5.41) is 1.55. The highest BCUT2D eigenvalue weighted by molar-refractivity contribution is 6.34. The number of pyridine rings is 1. The van der Waals surface area contributed by atoms with E-state index in [1.165, 1.54) is 0 Å². The van der Waals surface area contributed by atoms with Gasteiger partial charge in [0, 0.05) is 17.3 Å². The Hall–Kier alpha value is -1.02. The molecule has 0 spiro atoms. The van der Waals surface area contributed by atoms with Crippen LogP contribution in [0.3, 0.4) is 0 Å². The smallest absolute Gasteiger partial charge is 0.138 e. The van der Waals surface area contributed by atoms with Crippen LogP contribution >= 0.6 is 11.6 Å². The Morgan fingerprint density at radius 2 is 2.36 bits per heavy atom. The van der Waals surface area contributed by atoms with E-state index in [1.54, 1.807) is 6.20 Å². The first-order valence-corrected chi connectivity index (χ1v) is 3.75. The topological polar surface area (TPSA) is 28.7 Å². The van der Waals surface area contributed by atoms with Crippen molar-refractivity contribution >= 4 is 22.5 Å². The van der Waals surface area contributed by atoms with Gasteiger partial charge in [-0.25, -0.2) is 4.98 Å². The zero-order chi connectivity index (χ0) is 7.84. The van der Waals surface area contributed by atoms with Crippen LogP contribution in [0.2, 0.25) is 5.15 Å². The van der Waals surface area contributed by atoms with E-state index in [0.717, 1.165) is 16.6 Å². The number of halogens is 1. The molecule has 2 rings (SSSR count). The average Bonchev–Trinajstić information content (AvgIpc) is 2.31. The summed E-state index contributed by atoms with van der Waals surface area (Å²) < 4.78 is 0. The Labute approximate surface area is 69.2 Å². The fourth-order valence-corrected chi connectivity index (χ4v) is 1.37. The van der Waals surface area contributed by atoms with E-state index in [4.69, 9.17) is 11.6 Å². The highest BCUT2D eigenvalue weighted by Gasteiger charge is 2.00. The second-order valence-corrected chi connectivity index (χ2v) is 2.87. The minimum atomic E-state index is 0.562. The number of hydrogen-bond acceptors (Lipinski definition) is 1. The Bertz CT molecular complexity index is 392. The second-order valence-electron chi connectivity index (χ2n) is 2.52. The standard InChI is InChI=1S/C8H7ClN2/c1-5-4-6-7(11-5)2-3-10-8(6)9/h2-4,11H,1H3. The third kappa shape index (κ3) is 0.994. The summed E-state index contributed by atoms with van der Waals surface area (Å²) in [6.07, 6.45) is 1.70. The van der Waals surface area contributed by atoms with Crippen molar-refractivity contribution in [1.29, 1.82) is 0 Å².